The fraction of sp³-hybridized carbons (Fsp3) is 0.423. The van der Waals surface area contributed by atoms with Crippen molar-refractivity contribution in [2.45, 2.75) is 58.8 Å². The summed E-state index contributed by atoms with van der Waals surface area (Å²) in [5, 5.41) is 0.575. The summed E-state index contributed by atoms with van der Waals surface area (Å²) >= 11 is 0. The average Bonchev–Trinajstić information content (AvgIpc) is 3.26. The molecule has 3 aromatic rings. The van der Waals surface area contributed by atoms with E-state index in [1.54, 1.807) is 38.3 Å². The summed E-state index contributed by atoms with van der Waals surface area (Å²) < 4.78 is 48.3. The van der Waals surface area contributed by atoms with E-state index in [0.717, 1.165) is 5.56 Å². The van der Waals surface area contributed by atoms with E-state index in [0.29, 0.717) is 40.1 Å². The summed E-state index contributed by atoms with van der Waals surface area (Å²) in [5.74, 6) is 0.742. The normalized spacial score (nSPS) is 16.5. The maximum Gasteiger partial charge on any atom is 0.498 e. The molecule has 9 heteroatoms. The topological polar surface area (TPSA) is 76.4 Å². The van der Waals surface area contributed by atoms with Crippen LogP contribution in [0.2, 0.25) is 0 Å². The predicted molar refractivity (Wildman–Crippen MR) is 130 cm³/mol. The van der Waals surface area contributed by atoms with Crippen LogP contribution in [-0.4, -0.2) is 38.0 Å². The fourth-order valence-corrected chi connectivity index (χ4v) is 3.91. The average molecular weight is 484 g/mol. The zero-order chi connectivity index (χ0) is 25.4. The van der Waals surface area contributed by atoms with Gasteiger partial charge in [0.2, 0.25) is 0 Å². The highest BCUT2D eigenvalue weighted by molar-refractivity contribution is 6.64. The summed E-state index contributed by atoms with van der Waals surface area (Å²) in [4.78, 5) is 12.1. The number of furan rings is 1. The lowest BCUT2D eigenvalue weighted by Crippen LogP contribution is -2.41. The van der Waals surface area contributed by atoms with E-state index in [2.05, 4.69) is 0 Å². The van der Waals surface area contributed by atoms with Gasteiger partial charge in [-0.25, -0.2) is 0 Å². The lowest BCUT2D eigenvalue weighted by molar-refractivity contribution is -0.142. The van der Waals surface area contributed by atoms with E-state index in [9.17, 15) is 9.18 Å². The molecule has 4 rings (SSSR count). The Morgan fingerprint density at radius 3 is 2.43 bits per heavy atom. The van der Waals surface area contributed by atoms with Crippen molar-refractivity contribution >= 4 is 29.5 Å². The predicted octanol–water partition coefficient (Wildman–Crippen LogP) is 4.56. The number of benzene rings is 2. The quantitative estimate of drug-likeness (QED) is 0.343. The standard InChI is InChI=1S/C26H30BFO7/c1-7-31-23(29)13-17-8-9-19(30-6)14-21(17)32-15-16-10-18-12-22(28)33-24(18)20(11-16)27-34-25(2,3)26(4,5)35-27/h8-12,14H,7,13,15H2,1-6H3. The molecule has 0 unspecified atom stereocenters. The van der Waals surface area contributed by atoms with E-state index in [1.807, 2.05) is 33.8 Å². The monoisotopic (exact) mass is 484 g/mol. The van der Waals surface area contributed by atoms with Gasteiger partial charge in [0.15, 0.2) is 0 Å². The number of esters is 1. The van der Waals surface area contributed by atoms with Crippen LogP contribution >= 0.6 is 0 Å². The van der Waals surface area contributed by atoms with E-state index in [-0.39, 0.29) is 19.0 Å². The van der Waals surface area contributed by atoms with Gasteiger partial charge >= 0.3 is 13.1 Å². The van der Waals surface area contributed by atoms with Gasteiger partial charge in [0.25, 0.3) is 6.01 Å². The minimum Gasteiger partial charge on any atom is -0.497 e. The highest BCUT2D eigenvalue weighted by Gasteiger charge is 2.52. The molecule has 0 atom stereocenters. The van der Waals surface area contributed by atoms with Crippen molar-refractivity contribution in [3.8, 4) is 11.5 Å². The van der Waals surface area contributed by atoms with Crippen LogP contribution in [0.3, 0.4) is 0 Å². The highest BCUT2D eigenvalue weighted by Crippen LogP contribution is 2.37. The first-order valence-corrected chi connectivity index (χ1v) is 11.6. The molecule has 0 bridgehead atoms. The maximum atomic E-state index is 14.1. The van der Waals surface area contributed by atoms with Crippen LogP contribution in [0.1, 0.15) is 45.7 Å². The highest BCUT2D eigenvalue weighted by atomic mass is 19.1. The molecule has 0 spiro atoms. The number of halogens is 1. The van der Waals surface area contributed by atoms with Crippen molar-refractivity contribution in [3.05, 3.63) is 53.5 Å². The number of fused-ring (bicyclic) bond motifs is 1. The van der Waals surface area contributed by atoms with Gasteiger partial charge in [-0.05, 0) is 52.3 Å². The van der Waals surface area contributed by atoms with Gasteiger partial charge in [0.1, 0.15) is 23.7 Å². The third kappa shape index (κ3) is 5.16. The van der Waals surface area contributed by atoms with Crippen LogP contribution < -0.4 is 14.9 Å². The van der Waals surface area contributed by atoms with Crippen LogP contribution in [0.4, 0.5) is 4.39 Å². The fourth-order valence-electron chi connectivity index (χ4n) is 3.91. The van der Waals surface area contributed by atoms with Gasteiger partial charge in [-0.15, -0.1) is 0 Å². The molecule has 1 aliphatic heterocycles. The number of ether oxygens (including phenoxy) is 3. The zero-order valence-corrected chi connectivity index (χ0v) is 20.9. The molecule has 0 radical (unpaired) electrons. The van der Waals surface area contributed by atoms with Crippen LogP contribution in [0.5, 0.6) is 11.5 Å². The van der Waals surface area contributed by atoms with Crippen LogP contribution in [-0.2, 0) is 31.9 Å². The SMILES string of the molecule is CCOC(=O)Cc1ccc(OC)cc1OCc1cc(B2OC(C)(C)C(C)(C)O2)c2oc(F)cc2c1. The van der Waals surface area contributed by atoms with Gasteiger partial charge in [-0.1, -0.05) is 12.1 Å². The Hall–Kier alpha value is -3.04. The Kier molecular flexibility index (Phi) is 6.84. The molecule has 186 valence electrons. The lowest BCUT2D eigenvalue weighted by atomic mass is 9.77. The molecule has 0 N–H and O–H groups in total. The van der Waals surface area contributed by atoms with Crippen molar-refractivity contribution in [1.29, 1.82) is 0 Å². The second-order valence-electron chi connectivity index (χ2n) is 9.49. The number of carbonyl (C=O) groups is 1. The second kappa shape index (κ2) is 9.55. The molecule has 0 aliphatic carbocycles. The van der Waals surface area contributed by atoms with Crippen molar-refractivity contribution in [2.24, 2.45) is 0 Å². The number of methoxy groups -OCH3 is 1. The summed E-state index contributed by atoms with van der Waals surface area (Å²) in [7, 11) is 0.826. The summed E-state index contributed by atoms with van der Waals surface area (Å²) in [6.07, 6.45) is 0.0678. The Balaban J connectivity index is 1.64. The summed E-state index contributed by atoms with van der Waals surface area (Å²) in [6.45, 7) is 10.0. The van der Waals surface area contributed by atoms with Crippen molar-refractivity contribution in [2.75, 3.05) is 13.7 Å². The first-order valence-electron chi connectivity index (χ1n) is 11.6. The molecule has 1 fully saturated rings. The van der Waals surface area contributed by atoms with Crippen molar-refractivity contribution in [3.63, 3.8) is 0 Å². The van der Waals surface area contributed by atoms with Crippen LogP contribution in [0.15, 0.2) is 40.8 Å². The van der Waals surface area contributed by atoms with Gasteiger partial charge in [0.05, 0.1) is 31.3 Å². The molecule has 2 heterocycles. The lowest BCUT2D eigenvalue weighted by Gasteiger charge is -2.32. The molecule has 35 heavy (non-hydrogen) atoms. The van der Waals surface area contributed by atoms with Gasteiger partial charge in [-0.2, -0.15) is 4.39 Å². The third-order valence-corrected chi connectivity index (χ3v) is 6.49. The number of hydrogen-bond acceptors (Lipinski definition) is 7. The molecule has 2 aromatic carbocycles. The van der Waals surface area contributed by atoms with E-state index in [4.69, 9.17) is 27.9 Å². The molecule has 1 aliphatic rings. The van der Waals surface area contributed by atoms with Gasteiger partial charge in [-0.3, -0.25) is 4.79 Å². The number of hydrogen-bond donors (Lipinski definition) is 0. The van der Waals surface area contributed by atoms with Crippen molar-refractivity contribution in [1.82, 2.24) is 0 Å². The molecule has 1 aromatic heterocycles. The molecular formula is C26H30BFO7. The summed E-state index contributed by atoms with van der Waals surface area (Å²) in [6, 6.07) is 9.51. The van der Waals surface area contributed by atoms with Crippen LogP contribution in [0, 0.1) is 6.01 Å². The number of rotatable bonds is 8. The molecule has 0 saturated carbocycles. The smallest absolute Gasteiger partial charge is 0.497 e. The summed E-state index contributed by atoms with van der Waals surface area (Å²) in [5.41, 5.74) is 1.25. The Morgan fingerprint density at radius 2 is 1.77 bits per heavy atom. The first kappa shape index (κ1) is 25.1. The minimum atomic E-state index is -0.732. The first-order chi connectivity index (χ1) is 16.5. The largest absolute Gasteiger partial charge is 0.498 e. The molecule has 1 saturated heterocycles. The van der Waals surface area contributed by atoms with E-state index >= 15 is 0 Å². The third-order valence-electron chi connectivity index (χ3n) is 6.49. The second-order valence-corrected chi connectivity index (χ2v) is 9.49. The minimum absolute atomic E-state index is 0.0678. The van der Waals surface area contributed by atoms with E-state index < -0.39 is 24.3 Å². The number of carbonyl (C=O) groups excluding carboxylic acids is 1. The van der Waals surface area contributed by atoms with Crippen LogP contribution in [0.25, 0.3) is 11.0 Å². The zero-order valence-electron chi connectivity index (χ0n) is 20.9. The van der Waals surface area contributed by atoms with Crippen molar-refractivity contribution < 1.29 is 37.1 Å². The Labute approximate surface area is 204 Å². The van der Waals surface area contributed by atoms with E-state index in [1.165, 1.54) is 6.07 Å². The molecular weight excluding hydrogens is 454 g/mol. The molecule has 0 amide bonds. The Bertz CT molecular complexity index is 1220. The van der Waals surface area contributed by atoms with Gasteiger partial charge in [0, 0.05) is 28.5 Å². The Morgan fingerprint density at radius 1 is 1.06 bits per heavy atom. The maximum absolute atomic E-state index is 14.1. The van der Waals surface area contributed by atoms with Gasteiger partial charge < -0.3 is 27.9 Å². The molecule has 7 nitrogen and oxygen atoms in total.